The molecule has 3 aromatic rings. The molecule has 0 saturated heterocycles. The molecule has 0 saturated carbocycles. The molecule has 0 spiro atoms. The third-order valence-electron chi connectivity index (χ3n) is 3.58. The molecule has 0 atom stereocenters. The van der Waals surface area contributed by atoms with Crippen molar-refractivity contribution in [1.29, 1.82) is 0 Å². The molecule has 5 nitrogen and oxygen atoms in total. The second kappa shape index (κ2) is 5.96. The van der Waals surface area contributed by atoms with Gasteiger partial charge in [0.2, 0.25) is 0 Å². The summed E-state index contributed by atoms with van der Waals surface area (Å²) in [5, 5.41) is 15.9. The highest BCUT2D eigenvalue weighted by Gasteiger charge is 2.13. The highest BCUT2D eigenvalue weighted by Crippen LogP contribution is 2.26. The number of benzene rings is 2. The first-order chi connectivity index (χ1) is 11.1. The lowest BCUT2D eigenvalue weighted by atomic mass is 10.1. The molecule has 0 fully saturated rings. The van der Waals surface area contributed by atoms with E-state index in [2.05, 4.69) is 5.10 Å². The maximum Gasteiger partial charge on any atom is 0.119 e. The highest BCUT2D eigenvalue weighted by molar-refractivity contribution is 5.93. The van der Waals surface area contributed by atoms with Gasteiger partial charge in [0.05, 0.1) is 18.8 Å². The molecule has 0 bridgehead atoms. The fourth-order valence-corrected chi connectivity index (χ4v) is 2.34. The van der Waals surface area contributed by atoms with Gasteiger partial charge in [0.1, 0.15) is 11.4 Å². The van der Waals surface area contributed by atoms with E-state index < -0.39 is 5.97 Å². The zero-order valence-corrected chi connectivity index (χ0v) is 12.8. The summed E-state index contributed by atoms with van der Waals surface area (Å²) in [4.78, 5) is 11.5. The van der Waals surface area contributed by atoms with Gasteiger partial charge < -0.3 is 14.6 Å². The SMILES string of the molecule is COc1cccc(-c2nn(-c3ccc(C)cc3)cc2C(=O)[O-])c1. The standard InChI is InChI=1S/C18H16N2O3/c1-12-6-8-14(9-7-12)20-11-16(18(21)22)17(19-20)13-4-3-5-15(10-13)23-2/h3-11H,1-2H3,(H,21,22)/p-1. The van der Waals surface area contributed by atoms with Gasteiger partial charge in [0.25, 0.3) is 0 Å². The Morgan fingerprint density at radius 3 is 2.57 bits per heavy atom. The number of carboxylic acids is 1. The first kappa shape index (κ1) is 14.8. The molecular weight excluding hydrogens is 292 g/mol. The van der Waals surface area contributed by atoms with Crippen LogP contribution < -0.4 is 9.84 Å². The van der Waals surface area contributed by atoms with E-state index >= 15 is 0 Å². The fourth-order valence-electron chi connectivity index (χ4n) is 2.34. The monoisotopic (exact) mass is 307 g/mol. The smallest absolute Gasteiger partial charge is 0.119 e. The molecule has 5 heteroatoms. The second-order valence-electron chi connectivity index (χ2n) is 5.19. The number of aromatic nitrogens is 2. The van der Waals surface area contributed by atoms with Crippen molar-refractivity contribution in [1.82, 2.24) is 9.78 Å². The second-order valence-corrected chi connectivity index (χ2v) is 5.19. The Morgan fingerprint density at radius 2 is 1.91 bits per heavy atom. The zero-order chi connectivity index (χ0) is 16.4. The zero-order valence-electron chi connectivity index (χ0n) is 12.8. The summed E-state index contributed by atoms with van der Waals surface area (Å²) >= 11 is 0. The predicted octanol–water partition coefficient (Wildman–Crippen LogP) is 2.22. The average Bonchev–Trinajstić information content (AvgIpc) is 3.01. The molecule has 116 valence electrons. The molecule has 0 unspecified atom stereocenters. The third kappa shape index (κ3) is 2.94. The lowest BCUT2D eigenvalue weighted by Gasteiger charge is -2.05. The molecule has 0 aliphatic carbocycles. The van der Waals surface area contributed by atoms with Crippen LogP contribution in [-0.4, -0.2) is 22.9 Å². The van der Waals surface area contributed by atoms with E-state index in [4.69, 9.17) is 4.74 Å². The van der Waals surface area contributed by atoms with Crippen LogP contribution in [0.1, 0.15) is 15.9 Å². The number of aromatic carboxylic acids is 1. The van der Waals surface area contributed by atoms with Crippen molar-refractivity contribution in [3.63, 3.8) is 0 Å². The minimum atomic E-state index is -1.26. The molecule has 1 heterocycles. The normalized spacial score (nSPS) is 10.5. The number of methoxy groups -OCH3 is 1. The Balaban J connectivity index is 2.12. The van der Waals surface area contributed by atoms with E-state index in [-0.39, 0.29) is 5.56 Å². The first-order valence-electron chi connectivity index (χ1n) is 7.11. The van der Waals surface area contributed by atoms with Gasteiger partial charge in [0.15, 0.2) is 0 Å². The van der Waals surface area contributed by atoms with E-state index in [0.29, 0.717) is 17.0 Å². The minimum absolute atomic E-state index is 0.0406. The molecule has 0 aliphatic rings. The number of rotatable bonds is 4. The summed E-state index contributed by atoms with van der Waals surface area (Å²) in [6, 6.07) is 14.8. The molecule has 0 radical (unpaired) electrons. The topological polar surface area (TPSA) is 67.2 Å². The van der Waals surface area contributed by atoms with Crippen LogP contribution in [0.3, 0.4) is 0 Å². The van der Waals surface area contributed by atoms with Gasteiger partial charge in [-0.05, 0) is 31.2 Å². The molecule has 23 heavy (non-hydrogen) atoms. The van der Waals surface area contributed by atoms with Crippen molar-refractivity contribution in [2.24, 2.45) is 0 Å². The van der Waals surface area contributed by atoms with Crippen LogP contribution in [0.4, 0.5) is 0 Å². The summed E-state index contributed by atoms with van der Waals surface area (Å²) in [5.41, 5.74) is 2.96. The van der Waals surface area contributed by atoms with Crippen molar-refractivity contribution in [3.05, 3.63) is 65.9 Å². The predicted molar refractivity (Wildman–Crippen MR) is 84.6 cm³/mol. The Morgan fingerprint density at radius 1 is 1.17 bits per heavy atom. The molecule has 0 N–H and O–H groups in total. The molecule has 1 aromatic heterocycles. The summed E-state index contributed by atoms with van der Waals surface area (Å²) in [6.45, 7) is 1.99. The number of hydrogen-bond donors (Lipinski definition) is 0. The number of carbonyl (C=O) groups is 1. The molecule has 2 aromatic carbocycles. The van der Waals surface area contributed by atoms with E-state index in [9.17, 15) is 9.90 Å². The molecule has 3 rings (SSSR count). The summed E-state index contributed by atoms with van der Waals surface area (Å²) in [6.07, 6.45) is 1.47. The van der Waals surface area contributed by atoms with Gasteiger partial charge in [-0.3, -0.25) is 0 Å². The number of hydrogen-bond acceptors (Lipinski definition) is 4. The summed E-state index contributed by atoms with van der Waals surface area (Å²) < 4.78 is 6.72. The van der Waals surface area contributed by atoms with Gasteiger partial charge in [-0.25, -0.2) is 4.68 Å². The van der Waals surface area contributed by atoms with Gasteiger partial charge in [-0.2, -0.15) is 5.10 Å². The quantitative estimate of drug-likeness (QED) is 0.741. The van der Waals surface area contributed by atoms with E-state index in [1.807, 2.05) is 31.2 Å². The van der Waals surface area contributed by atoms with Gasteiger partial charge in [-0.15, -0.1) is 0 Å². The van der Waals surface area contributed by atoms with Crippen LogP contribution >= 0.6 is 0 Å². The number of nitrogens with zero attached hydrogens (tertiary/aromatic N) is 2. The molecular formula is C18H15N2O3-. The Labute approximate surface area is 133 Å². The third-order valence-corrected chi connectivity index (χ3v) is 3.58. The van der Waals surface area contributed by atoms with Crippen LogP contribution in [0.25, 0.3) is 16.9 Å². The van der Waals surface area contributed by atoms with E-state index in [1.54, 1.807) is 36.1 Å². The maximum absolute atomic E-state index is 11.5. The van der Waals surface area contributed by atoms with Crippen molar-refractivity contribution in [2.75, 3.05) is 7.11 Å². The van der Waals surface area contributed by atoms with Gasteiger partial charge >= 0.3 is 0 Å². The summed E-state index contributed by atoms with van der Waals surface area (Å²) in [5.74, 6) is -0.627. The molecule has 0 amide bonds. The first-order valence-corrected chi connectivity index (χ1v) is 7.11. The number of aryl methyl sites for hydroxylation is 1. The number of ether oxygens (including phenoxy) is 1. The Bertz CT molecular complexity index is 851. The van der Waals surface area contributed by atoms with Crippen LogP contribution in [-0.2, 0) is 0 Å². The number of carboxylic acid groups (broad SMARTS) is 1. The molecule has 0 aliphatic heterocycles. The Hall–Kier alpha value is -3.08. The van der Waals surface area contributed by atoms with Crippen molar-refractivity contribution >= 4 is 5.97 Å². The highest BCUT2D eigenvalue weighted by atomic mass is 16.5. The van der Waals surface area contributed by atoms with Crippen molar-refractivity contribution in [2.45, 2.75) is 6.92 Å². The van der Waals surface area contributed by atoms with Crippen molar-refractivity contribution < 1.29 is 14.6 Å². The Kier molecular flexibility index (Phi) is 3.85. The lowest BCUT2D eigenvalue weighted by molar-refractivity contribution is -0.254. The summed E-state index contributed by atoms with van der Waals surface area (Å²) in [7, 11) is 1.56. The maximum atomic E-state index is 11.5. The number of carbonyl (C=O) groups excluding carboxylic acids is 1. The van der Waals surface area contributed by atoms with Crippen LogP contribution in [0.15, 0.2) is 54.7 Å². The minimum Gasteiger partial charge on any atom is -0.545 e. The van der Waals surface area contributed by atoms with Gasteiger partial charge in [0, 0.05) is 17.3 Å². The van der Waals surface area contributed by atoms with E-state index in [0.717, 1.165) is 11.3 Å². The fraction of sp³-hybridized carbons (Fsp3) is 0.111. The average molecular weight is 307 g/mol. The van der Waals surface area contributed by atoms with Crippen LogP contribution in [0.5, 0.6) is 5.75 Å². The lowest BCUT2D eigenvalue weighted by Crippen LogP contribution is -2.22. The van der Waals surface area contributed by atoms with Crippen LogP contribution in [0, 0.1) is 6.92 Å². The van der Waals surface area contributed by atoms with E-state index in [1.165, 1.54) is 6.20 Å². The van der Waals surface area contributed by atoms with Crippen LogP contribution in [0.2, 0.25) is 0 Å². The van der Waals surface area contributed by atoms with Gasteiger partial charge in [-0.1, -0.05) is 29.8 Å². The van der Waals surface area contributed by atoms with Crippen molar-refractivity contribution in [3.8, 4) is 22.7 Å². The largest absolute Gasteiger partial charge is 0.545 e.